The number of carbonyl (C=O) groups is 1. The minimum Gasteiger partial charge on any atom is -0.464 e. The van der Waals surface area contributed by atoms with Gasteiger partial charge in [0, 0.05) is 0 Å². The third kappa shape index (κ3) is 2.48. The van der Waals surface area contributed by atoms with Gasteiger partial charge in [0.05, 0.1) is 17.2 Å². The summed E-state index contributed by atoms with van der Waals surface area (Å²) in [6.07, 6.45) is -2.02. The summed E-state index contributed by atoms with van der Waals surface area (Å²) in [5, 5.41) is 9.02. The molecule has 0 bridgehead atoms. The lowest BCUT2D eigenvalue weighted by molar-refractivity contribution is -0.153. The highest BCUT2D eigenvalue weighted by molar-refractivity contribution is 6.30. The second kappa shape index (κ2) is 5.23. The smallest absolute Gasteiger partial charge is 0.339 e. The summed E-state index contributed by atoms with van der Waals surface area (Å²) >= 11 is 5.41. The number of hydrogen-bond acceptors (Lipinski definition) is 3. The minimum absolute atomic E-state index is 0.000300. The highest BCUT2D eigenvalue weighted by Gasteiger charge is 2.27. The summed E-state index contributed by atoms with van der Waals surface area (Å²) in [6, 6.07) is 1.86. The standard InChI is InChI=1S/C10H9ClF2O3/c1-2-16-10(15)9(14)7-6(12)4-3-5(11)8(7)13/h3-4,9,14H,2H2,1H3. The van der Waals surface area contributed by atoms with Crippen LogP contribution in [0.1, 0.15) is 18.6 Å². The van der Waals surface area contributed by atoms with Crippen LogP contribution in [-0.4, -0.2) is 17.7 Å². The molecule has 1 aromatic carbocycles. The van der Waals surface area contributed by atoms with Gasteiger partial charge in [0.1, 0.15) is 5.82 Å². The highest BCUT2D eigenvalue weighted by atomic mass is 35.5. The van der Waals surface area contributed by atoms with Crippen LogP contribution >= 0.6 is 11.6 Å². The summed E-state index contributed by atoms with van der Waals surface area (Å²) in [6.45, 7) is 1.51. The van der Waals surface area contributed by atoms with Crippen molar-refractivity contribution in [2.24, 2.45) is 0 Å². The summed E-state index contributed by atoms with van der Waals surface area (Å²) in [4.78, 5) is 11.1. The van der Waals surface area contributed by atoms with Gasteiger partial charge in [-0.2, -0.15) is 0 Å². The van der Waals surface area contributed by atoms with E-state index in [0.29, 0.717) is 0 Å². The molecule has 16 heavy (non-hydrogen) atoms. The van der Waals surface area contributed by atoms with Crippen molar-refractivity contribution in [3.63, 3.8) is 0 Å². The quantitative estimate of drug-likeness (QED) is 0.661. The molecule has 6 heteroatoms. The van der Waals surface area contributed by atoms with E-state index in [1.54, 1.807) is 0 Å². The molecule has 0 aromatic heterocycles. The maximum absolute atomic E-state index is 13.4. The van der Waals surface area contributed by atoms with Crippen LogP contribution in [0.4, 0.5) is 8.78 Å². The largest absolute Gasteiger partial charge is 0.464 e. The molecule has 3 nitrogen and oxygen atoms in total. The van der Waals surface area contributed by atoms with Crippen LogP contribution in [0.5, 0.6) is 0 Å². The molecule has 0 aliphatic rings. The third-order valence-corrected chi connectivity index (χ3v) is 2.15. The molecule has 0 amide bonds. The molecule has 0 spiro atoms. The monoisotopic (exact) mass is 250 g/mol. The van der Waals surface area contributed by atoms with Gasteiger partial charge in [0.2, 0.25) is 0 Å². The number of rotatable bonds is 3. The van der Waals surface area contributed by atoms with Crippen LogP contribution in [0.2, 0.25) is 5.02 Å². The highest BCUT2D eigenvalue weighted by Crippen LogP contribution is 2.27. The van der Waals surface area contributed by atoms with Gasteiger partial charge in [-0.05, 0) is 19.1 Å². The Balaban J connectivity index is 3.12. The van der Waals surface area contributed by atoms with E-state index in [-0.39, 0.29) is 11.6 Å². The Morgan fingerprint density at radius 3 is 2.75 bits per heavy atom. The van der Waals surface area contributed by atoms with Crippen molar-refractivity contribution in [3.8, 4) is 0 Å². The molecule has 0 saturated heterocycles. The fraction of sp³-hybridized carbons (Fsp3) is 0.300. The first kappa shape index (κ1) is 12.9. The van der Waals surface area contributed by atoms with Gasteiger partial charge in [0.25, 0.3) is 0 Å². The summed E-state index contributed by atoms with van der Waals surface area (Å²) in [5.74, 6) is -3.34. The van der Waals surface area contributed by atoms with Crippen LogP contribution in [0.3, 0.4) is 0 Å². The van der Waals surface area contributed by atoms with Gasteiger partial charge in [-0.25, -0.2) is 13.6 Å². The first-order chi connectivity index (χ1) is 7.49. The first-order valence-electron chi connectivity index (χ1n) is 4.47. The topological polar surface area (TPSA) is 46.5 Å². The number of carbonyl (C=O) groups excluding carboxylic acids is 1. The molecule has 88 valence electrons. The van der Waals surface area contributed by atoms with Crippen molar-refractivity contribution in [3.05, 3.63) is 34.4 Å². The van der Waals surface area contributed by atoms with E-state index in [9.17, 15) is 18.7 Å². The zero-order valence-electron chi connectivity index (χ0n) is 8.34. The fourth-order valence-electron chi connectivity index (χ4n) is 1.13. The van der Waals surface area contributed by atoms with E-state index < -0.39 is 29.3 Å². The molecule has 1 aromatic rings. The van der Waals surface area contributed by atoms with Crippen molar-refractivity contribution in [1.29, 1.82) is 0 Å². The first-order valence-corrected chi connectivity index (χ1v) is 4.85. The van der Waals surface area contributed by atoms with Crippen LogP contribution in [0.15, 0.2) is 12.1 Å². The lowest BCUT2D eigenvalue weighted by Crippen LogP contribution is -2.18. The minimum atomic E-state index is -2.02. The molecule has 0 heterocycles. The summed E-state index contributed by atoms with van der Waals surface area (Å²) < 4.78 is 31.0. The zero-order valence-corrected chi connectivity index (χ0v) is 9.09. The van der Waals surface area contributed by atoms with Crippen LogP contribution in [-0.2, 0) is 9.53 Å². The predicted octanol–water partition coefficient (Wildman–Crippen LogP) is 2.21. The number of hydrogen-bond donors (Lipinski definition) is 1. The van der Waals surface area contributed by atoms with Gasteiger partial charge >= 0.3 is 5.97 Å². The van der Waals surface area contributed by atoms with Crippen LogP contribution in [0.25, 0.3) is 0 Å². The Kier molecular flexibility index (Phi) is 4.20. The SMILES string of the molecule is CCOC(=O)C(O)c1c(F)ccc(Cl)c1F. The molecular formula is C10H9ClF2O3. The molecule has 0 radical (unpaired) electrons. The van der Waals surface area contributed by atoms with Gasteiger partial charge in [0.15, 0.2) is 11.9 Å². The van der Waals surface area contributed by atoms with E-state index in [1.807, 2.05) is 0 Å². The van der Waals surface area contributed by atoms with E-state index in [2.05, 4.69) is 4.74 Å². The predicted molar refractivity (Wildman–Crippen MR) is 53.0 cm³/mol. The lowest BCUT2D eigenvalue weighted by Gasteiger charge is -2.12. The van der Waals surface area contributed by atoms with Gasteiger partial charge in [-0.3, -0.25) is 0 Å². The molecular weight excluding hydrogens is 242 g/mol. The maximum atomic E-state index is 13.4. The number of aliphatic hydroxyl groups is 1. The Morgan fingerprint density at radius 1 is 1.56 bits per heavy atom. The van der Waals surface area contributed by atoms with E-state index in [1.165, 1.54) is 6.92 Å². The fourth-order valence-corrected chi connectivity index (χ4v) is 1.30. The zero-order chi connectivity index (χ0) is 12.3. The maximum Gasteiger partial charge on any atom is 0.339 e. The Morgan fingerprint density at radius 2 is 2.19 bits per heavy atom. The van der Waals surface area contributed by atoms with Crippen LogP contribution in [0, 0.1) is 11.6 Å². The van der Waals surface area contributed by atoms with Gasteiger partial charge in [-0.1, -0.05) is 11.6 Å². The van der Waals surface area contributed by atoms with E-state index >= 15 is 0 Å². The third-order valence-electron chi connectivity index (χ3n) is 1.86. The van der Waals surface area contributed by atoms with Crippen molar-refractivity contribution in [1.82, 2.24) is 0 Å². The number of halogens is 3. The number of esters is 1. The molecule has 1 unspecified atom stereocenters. The second-order valence-electron chi connectivity index (χ2n) is 2.91. The summed E-state index contributed by atoms with van der Waals surface area (Å²) in [5.41, 5.74) is -0.800. The normalized spacial score (nSPS) is 12.3. The van der Waals surface area contributed by atoms with Gasteiger partial charge in [-0.15, -0.1) is 0 Å². The molecule has 0 aliphatic carbocycles. The molecule has 1 rings (SSSR count). The average molecular weight is 251 g/mol. The Hall–Kier alpha value is -1.20. The van der Waals surface area contributed by atoms with Crippen molar-refractivity contribution < 1.29 is 23.4 Å². The summed E-state index contributed by atoms with van der Waals surface area (Å²) in [7, 11) is 0. The number of benzene rings is 1. The number of aliphatic hydroxyl groups excluding tert-OH is 1. The molecule has 0 fully saturated rings. The van der Waals surface area contributed by atoms with Crippen molar-refractivity contribution in [2.45, 2.75) is 13.0 Å². The molecule has 0 saturated carbocycles. The van der Waals surface area contributed by atoms with Crippen molar-refractivity contribution >= 4 is 17.6 Å². The Bertz CT molecular complexity index is 409. The van der Waals surface area contributed by atoms with Gasteiger partial charge < -0.3 is 9.84 Å². The number of ether oxygens (including phenoxy) is 1. The second-order valence-corrected chi connectivity index (χ2v) is 3.32. The van der Waals surface area contributed by atoms with E-state index in [4.69, 9.17) is 11.6 Å². The van der Waals surface area contributed by atoms with Crippen LogP contribution < -0.4 is 0 Å². The molecule has 0 aliphatic heterocycles. The molecule has 1 N–H and O–H groups in total. The lowest BCUT2D eigenvalue weighted by atomic mass is 10.1. The van der Waals surface area contributed by atoms with Crippen molar-refractivity contribution in [2.75, 3.05) is 6.61 Å². The van der Waals surface area contributed by atoms with E-state index in [0.717, 1.165) is 12.1 Å². The molecule has 1 atom stereocenters. The Labute approximate surface area is 95.6 Å². The average Bonchev–Trinajstić information content (AvgIpc) is 2.24.